The highest BCUT2D eigenvalue weighted by molar-refractivity contribution is 5.83. The van der Waals surface area contributed by atoms with Gasteiger partial charge in [-0.2, -0.15) is 0 Å². The van der Waals surface area contributed by atoms with Crippen molar-refractivity contribution in [3.8, 4) is 0 Å². The van der Waals surface area contributed by atoms with Crippen LogP contribution in [-0.2, 0) is 4.79 Å². The van der Waals surface area contributed by atoms with Gasteiger partial charge in [-0.15, -0.1) is 0 Å². The molecule has 1 aliphatic rings. The highest BCUT2D eigenvalue weighted by Gasteiger charge is 2.38. The molecule has 1 aromatic carbocycles. The van der Waals surface area contributed by atoms with Gasteiger partial charge in [0, 0.05) is 0 Å². The van der Waals surface area contributed by atoms with Gasteiger partial charge >= 0.3 is 0 Å². The van der Waals surface area contributed by atoms with Crippen LogP contribution in [0.25, 0.3) is 0 Å². The Balaban J connectivity index is 2.10. The van der Waals surface area contributed by atoms with Gasteiger partial charge in [-0.05, 0) is 51.3 Å². The van der Waals surface area contributed by atoms with Crippen LogP contribution in [0, 0.1) is 12.3 Å². The molecule has 1 fully saturated rings. The first-order chi connectivity index (χ1) is 10.1. The first-order valence-electron chi connectivity index (χ1n) is 8.19. The molecule has 1 aromatic rings. The lowest BCUT2D eigenvalue weighted by Gasteiger charge is -2.36. The van der Waals surface area contributed by atoms with Gasteiger partial charge in [-0.25, -0.2) is 0 Å². The minimum absolute atomic E-state index is 0.122. The van der Waals surface area contributed by atoms with Gasteiger partial charge in [0.1, 0.15) is 0 Å². The Bertz CT molecular complexity index is 461. The first kappa shape index (κ1) is 16.0. The maximum atomic E-state index is 12.8. The van der Waals surface area contributed by atoms with Crippen molar-refractivity contribution in [3.63, 3.8) is 0 Å². The summed E-state index contributed by atoms with van der Waals surface area (Å²) in [4.78, 5) is 12.8. The maximum Gasteiger partial charge on any atom is 0.226 e. The van der Waals surface area contributed by atoms with Crippen LogP contribution in [0.15, 0.2) is 24.3 Å². The van der Waals surface area contributed by atoms with Gasteiger partial charge in [0.05, 0.1) is 11.5 Å². The molecular weight excluding hydrogens is 260 g/mol. The van der Waals surface area contributed by atoms with Crippen LogP contribution < -0.4 is 10.6 Å². The van der Waals surface area contributed by atoms with E-state index in [1.54, 1.807) is 0 Å². The molecule has 1 heterocycles. The smallest absolute Gasteiger partial charge is 0.226 e. The molecule has 1 unspecified atom stereocenters. The molecule has 2 rings (SSSR count). The molecule has 116 valence electrons. The van der Waals surface area contributed by atoms with E-state index in [9.17, 15) is 4.79 Å². The molecule has 3 heteroatoms. The van der Waals surface area contributed by atoms with Crippen molar-refractivity contribution in [1.29, 1.82) is 0 Å². The van der Waals surface area contributed by atoms with E-state index >= 15 is 0 Å². The Morgan fingerprint density at radius 1 is 1.24 bits per heavy atom. The van der Waals surface area contributed by atoms with Crippen molar-refractivity contribution in [2.45, 2.75) is 52.5 Å². The quantitative estimate of drug-likeness (QED) is 0.872. The Morgan fingerprint density at radius 2 is 1.86 bits per heavy atom. The zero-order valence-electron chi connectivity index (χ0n) is 13.5. The van der Waals surface area contributed by atoms with Crippen molar-refractivity contribution in [2.24, 2.45) is 5.41 Å². The summed E-state index contributed by atoms with van der Waals surface area (Å²) in [7, 11) is 0. The summed E-state index contributed by atoms with van der Waals surface area (Å²) >= 11 is 0. The lowest BCUT2D eigenvalue weighted by molar-refractivity contribution is -0.133. The third kappa shape index (κ3) is 3.65. The van der Waals surface area contributed by atoms with Crippen LogP contribution in [0.3, 0.4) is 0 Å². The predicted molar refractivity (Wildman–Crippen MR) is 87.2 cm³/mol. The van der Waals surface area contributed by atoms with Crippen LogP contribution in [0.1, 0.15) is 56.7 Å². The van der Waals surface area contributed by atoms with Crippen LogP contribution in [0.4, 0.5) is 0 Å². The van der Waals surface area contributed by atoms with Crippen molar-refractivity contribution in [1.82, 2.24) is 10.6 Å². The number of hydrogen-bond acceptors (Lipinski definition) is 2. The third-order valence-corrected chi connectivity index (χ3v) is 4.91. The summed E-state index contributed by atoms with van der Waals surface area (Å²) in [6.07, 6.45) is 3.73. The molecule has 1 saturated heterocycles. The fourth-order valence-corrected chi connectivity index (χ4v) is 3.18. The van der Waals surface area contributed by atoms with Gasteiger partial charge in [0.2, 0.25) is 5.91 Å². The molecule has 0 saturated carbocycles. The maximum absolute atomic E-state index is 12.8. The summed E-state index contributed by atoms with van der Waals surface area (Å²) in [6, 6.07) is 8.61. The number of rotatable bonds is 5. The number of carbonyl (C=O) groups excluding carboxylic acids is 1. The van der Waals surface area contributed by atoms with Crippen molar-refractivity contribution in [2.75, 3.05) is 13.1 Å². The standard InChI is InChI=1S/C18H28N2O/c1-4-16(15-8-6-14(3)7-9-15)20-17(21)18(5-2)10-12-19-13-11-18/h6-9,16,19H,4-5,10-13H2,1-3H3,(H,20,21). The number of amides is 1. The van der Waals surface area contributed by atoms with Crippen LogP contribution in [0.2, 0.25) is 0 Å². The lowest BCUT2D eigenvalue weighted by atomic mass is 9.75. The Hall–Kier alpha value is -1.35. The number of aryl methyl sites for hydroxylation is 1. The fourth-order valence-electron chi connectivity index (χ4n) is 3.18. The predicted octanol–water partition coefficient (Wildman–Crippen LogP) is 3.34. The van der Waals surface area contributed by atoms with E-state index in [0.29, 0.717) is 0 Å². The molecule has 0 spiro atoms. The van der Waals surface area contributed by atoms with E-state index in [4.69, 9.17) is 0 Å². The fraction of sp³-hybridized carbons (Fsp3) is 0.611. The van der Waals surface area contributed by atoms with Gasteiger partial charge in [-0.3, -0.25) is 4.79 Å². The zero-order valence-corrected chi connectivity index (χ0v) is 13.5. The van der Waals surface area contributed by atoms with E-state index in [2.05, 4.69) is 55.7 Å². The highest BCUT2D eigenvalue weighted by atomic mass is 16.2. The van der Waals surface area contributed by atoms with Crippen molar-refractivity contribution < 1.29 is 4.79 Å². The molecule has 1 amide bonds. The number of hydrogen-bond donors (Lipinski definition) is 2. The van der Waals surface area contributed by atoms with Crippen LogP contribution in [0.5, 0.6) is 0 Å². The summed E-state index contributed by atoms with van der Waals surface area (Å²) < 4.78 is 0. The van der Waals surface area contributed by atoms with Gasteiger partial charge in [0.15, 0.2) is 0 Å². The summed E-state index contributed by atoms with van der Waals surface area (Å²) in [5, 5.41) is 6.65. The second-order valence-corrected chi connectivity index (χ2v) is 6.23. The minimum atomic E-state index is -0.177. The summed E-state index contributed by atoms with van der Waals surface area (Å²) in [5.74, 6) is 0.235. The van der Waals surface area contributed by atoms with Gasteiger partial charge in [-0.1, -0.05) is 43.7 Å². The molecule has 0 aromatic heterocycles. The highest BCUT2D eigenvalue weighted by Crippen LogP contribution is 2.33. The second kappa shape index (κ2) is 7.08. The second-order valence-electron chi connectivity index (χ2n) is 6.23. The Labute approximate surface area is 128 Å². The van der Waals surface area contributed by atoms with E-state index in [0.717, 1.165) is 38.8 Å². The molecule has 3 nitrogen and oxygen atoms in total. The van der Waals surface area contributed by atoms with E-state index in [1.165, 1.54) is 11.1 Å². The molecule has 0 aliphatic carbocycles. The van der Waals surface area contributed by atoms with Crippen molar-refractivity contribution in [3.05, 3.63) is 35.4 Å². The van der Waals surface area contributed by atoms with Crippen LogP contribution >= 0.6 is 0 Å². The van der Waals surface area contributed by atoms with Gasteiger partial charge in [0.25, 0.3) is 0 Å². The van der Waals surface area contributed by atoms with E-state index in [-0.39, 0.29) is 17.4 Å². The number of benzene rings is 1. The average Bonchev–Trinajstić information content (AvgIpc) is 2.54. The van der Waals surface area contributed by atoms with E-state index < -0.39 is 0 Å². The zero-order chi connectivity index (χ0) is 15.3. The average molecular weight is 288 g/mol. The topological polar surface area (TPSA) is 41.1 Å². The number of nitrogens with one attached hydrogen (secondary N) is 2. The summed E-state index contributed by atoms with van der Waals surface area (Å²) in [6.45, 7) is 8.25. The van der Waals surface area contributed by atoms with Gasteiger partial charge < -0.3 is 10.6 Å². The minimum Gasteiger partial charge on any atom is -0.349 e. The molecule has 2 N–H and O–H groups in total. The van der Waals surface area contributed by atoms with Crippen molar-refractivity contribution >= 4 is 5.91 Å². The molecule has 0 bridgehead atoms. The molecule has 1 atom stereocenters. The summed E-state index contributed by atoms with van der Waals surface area (Å²) in [5.41, 5.74) is 2.28. The Morgan fingerprint density at radius 3 is 2.38 bits per heavy atom. The third-order valence-electron chi connectivity index (χ3n) is 4.91. The van der Waals surface area contributed by atoms with E-state index in [1.807, 2.05) is 0 Å². The monoisotopic (exact) mass is 288 g/mol. The molecule has 1 aliphatic heterocycles. The lowest BCUT2D eigenvalue weighted by Crippen LogP contribution is -2.48. The largest absolute Gasteiger partial charge is 0.349 e. The molecule has 21 heavy (non-hydrogen) atoms. The SMILES string of the molecule is CCC(NC(=O)C1(CC)CCNCC1)c1ccc(C)cc1. The Kier molecular flexibility index (Phi) is 5.40. The number of piperidine rings is 1. The normalized spacial score (nSPS) is 19.0. The molecular formula is C18H28N2O. The van der Waals surface area contributed by atoms with Crippen LogP contribution in [-0.4, -0.2) is 19.0 Å². The molecule has 0 radical (unpaired) electrons. The number of carbonyl (C=O) groups is 1. The first-order valence-corrected chi connectivity index (χ1v) is 8.19.